The number of carbonyl (C=O) groups excluding carboxylic acids is 1. The number of amides is 1. The Bertz CT molecular complexity index is 792. The maximum atomic E-state index is 13.0. The zero-order chi connectivity index (χ0) is 17.3. The molecule has 1 aliphatic heterocycles. The standard InChI is InChI=1S/C17H18N2O5/c1-24-15-9-12(11-4-2-3-5-13(11)18-15)16(21)19-7-6-10(20)8-14(19)17(22)23/h2-5,9-10,14,20H,6-8H2,1H3,(H,22,23)/t10-,14+/m0/s1. The molecule has 3 rings (SSSR count). The number of ether oxygens (including phenoxy) is 1. The number of rotatable bonds is 3. The highest BCUT2D eigenvalue weighted by Crippen LogP contribution is 2.26. The highest BCUT2D eigenvalue weighted by atomic mass is 16.5. The normalized spacial score (nSPS) is 20.8. The Morgan fingerprint density at radius 2 is 2.08 bits per heavy atom. The number of aromatic nitrogens is 1. The van der Waals surface area contributed by atoms with Crippen LogP contribution in [0.4, 0.5) is 0 Å². The van der Waals surface area contributed by atoms with Gasteiger partial charge in [0, 0.05) is 24.4 Å². The minimum atomic E-state index is -1.12. The summed E-state index contributed by atoms with van der Waals surface area (Å²) in [5, 5.41) is 19.8. The summed E-state index contributed by atoms with van der Waals surface area (Å²) in [6.07, 6.45) is -0.324. The molecule has 2 heterocycles. The van der Waals surface area contributed by atoms with Gasteiger partial charge in [-0.2, -0.15) is 0 Å². The van der Waals surface area contributed by atoms with Crippen molar-refractivity contribution in [3.8, 4) is 5.88 Å². The highest BCUT2D eigenvalue weighted by molar-refractivity contribution is 6.07. The zero-order valence-electron chi connectivity index (χ0n) is 13.2. The number of nitrogens with zero attached hydrogens (tertiary/aromatic N) is 2. The molecule has 0 aliphatic carbocycles. The van der Waals surface area contributed by atoms with Crippen molar-refractivity contribution in [1.82, 2.24) is 9.88 Å². The van der Waals surface area contributed by atoms with Crippen LogP contribution < -0.4 is 4.74 Å². The number of hydrogen-bond acceptors (Lipinski definition) is 5. The van der Waals surface area contributed by atoms with Crippen LogP contribution in [0.3, 0.4) is 0 Å². The molecule has 0 radical (unpaired) electrons. The lowest BCUT2D eigenvalue weighted by atomic mass is 9.97. The quantitative estimate of drug-likeness (QED) is 0.880. The van der Waals surface area contributed by atoms with Crippen molar-refractivity contribution in [3.05, 3.63) is 35.9 Å². The SMILES string of the molecule is COc1cc(C(=O)N2CC[C@H](O)C[C@@H]2C(=O)O)c2ccccc2n1. The zero-order valence-corrected chi connectivity index (χ0v) is 13.2. The Hall–Kier alpha value is -2.67. The van der Waals surface area contributed by atoms with Crippen molar-refractivity contribution in [2.75, 3.05) is 13.7 Å². The van der Waals surface area contributed by atoms with Crippen molar-refractivity contribution >= 4 is 22.8 Å². The van der Waals surface area contributed by atoms with E-state index in [0.717, 1.165) is 0 Å². The van der Waals surface area contributed by atoms with Gasteiger partial charge in [-0.25, -0.2) is 9.78 Å². The van der Waals surface area contributed by atoms with E-state index in [1.54, 1.807) is 24.3 Å². The van der Waals surface area contributed by atoms with Gasteiger partial charge in [0.2, 0.25) is 5.88 Å². The summed E-state index contributed by atoms with van der Waals surface area (Å²) < 4.78 is 5.15. The largest absolute Gasteiger partial charge is 0.481 e. The Kier molecular flexibility index (Phi) is 4.35. The average molecular weight is 330 g/mol. The van der Waals surface area contributed by atoms with E-state index in [9.17, 15) is 19.8 Å². The molecular formula is C17H18N2O5. The predicted molar refractivity (Wildman–Crippen MR) is 86.0 cm³/mol. The smallest absolute Gasteiger partial charge is 0.326 e. The minimum Gasteiger partial charge on any atom is -0.481 e. The summed E-state index contributed by atoms with van der Waals surface area (Å²) in [4.78, 5) is 30.1. The van der Waals surface area contributed by atoms with Gasteiger partial charge in [0.15, 0.2) is 0 Å². The number of piperidine rings is 1. The second kappa shape index (κ2) is 6.45. The maximum Gasteiger partial charge on any atom is 0.326 e. The number of carbonyl (C=O) groups is 2. The second-order valence-electron chi connectivity index (χ2n) is 5.76. The fourth-order valence-electron chi connectivity index (χ4n) is 3.01. The molecule has 1 saturated heterocycles. The van der Waals surface area contributed by atoms with Gasteiger partial charge >= 0.3 is 5.97 Å². The summed E-state index contributed by atoms with van der Waals surface area (Å²) in [7, 11) is 1.46. The lowest BCUT2D eigenvalue weighted by Gasteiger charge is -2.35. The van der Waals surface area contributed by atoms with Crippen LogP contribution in [-0.4, -0.2) is 57.8 Å². The first-order valence-corrected chi connectivity index (χ1v) is 7.67. The summed E-state index contributed by atoms with van der Waals surface area (Å²) in [6, 6.07) is 7.61. The lowest BCUT2D eigenvalue weighted by molar-refractivity contribution is -0.145. The van der Waals surface area contributed by atoms with Gasteiger partial charge in [-0.05, 0) is 12.5 Å². The number of aliphatic hydroxyl groups is 1. The topological polar surface area (TPSA) is 100.0 Å². The summed E-state index contributed by atoms with van der Waals surface area (Å²) in [6.45, 7) is 0.190. The Balaban J connectivity index is 2.05. The van der Waals surface area contributed by atoms with E-state index in [2.05, 4.69) is 4.98 Å². The molecule has 7 heteroatoms. The van der Waals surface area contributed by atoms with Crippen molar-refractivity contribution in [1.29, 1.82) is 0 Å². The van der Waals surface area contributed by atoms with Crippen molar-refractivity contribution < 1.29 is 24.5 Å². The molecule has 1 amide bonds. The van der Waals surface area contributed by atoms with E-state index in [0.29, 0.717) is 28.8 Å². The first kappa shape index (κ1) is 16.2. The van der Waals surface area contributed by atoms with Gasteiger partial charge in [0.25, 0.3) is 5.91 Å². The first-order chi connectivity index (χ1) is 11.5. The van der Waals surface area contributed by atoms with E-state index in [4.69, 9.17) is 4.74 Å². The van der Waals surface area contributed by atoms with Crippen molar-refractivity contribution in [2.45, 2.75) is 25.0 Å². The molecule has 126 valence electrons. The molecule has 1 fully saturated rings. The molecular weight excluding hydrogens is 312 g/mol. The van der Waals surface area contributed by atoms with Gasteiger partial charge in [-0.1, -0.05) is 18.2 Å². The number of aliphatic carboxylic acids is 1. The number of carboxylic acids is 1. The number of benzene rings is 1. The number of likely N-dealkylation sites (tertiary alicyclic amines) is 1. The van der Waals surface area contributed by atoms with Gasteiger partial charge in [-0.3, -0.25) is 4.79 Å². The van der Waals surface area contributed by atoms with E-state index in [-0.39, 0.29) is 13.0 Å². The molecule has 2 N–H and O–H groups in total. The van der Waals surface area contributed by atoms with E-state index in [1.807, 2.05) is 0 Å². The second-order valence-corrected chi connectivity index (χ2v) is 5.76. The third-order valence-electron chi connectivity index (χ3n) is 4.25. The van der Waals surface area contributed by atoms with Crippen LogP contribution in [0.2, 0.25) is 0 Å². The van der Waals surface area contributed by atoms with E-state index >= 15 is 0 Å². The molecule has 0 unspecified atom stereocenters. The number of pyridine rings is 1. The Morgan fingerprint density at radius 3 is 2.79 bits per heavy atom. The van der Waals surface area contributed by atoms with E-state index in [1.165, 1.54) is 18.1 Å². The first-order valence-electron chi connectivity index (χ1n) is 7.67. The Morgan fingerprint density at radius 1 is 1.33 bits per heavy atom. The third-order valence-corrected chi connectivity index (χ3v) is 4.25. The minimum absolute atomic E-state index is 0.0290. The lowest BCUT2D eigenvalue weighted by Crippen LogP contribution is -2.51. The van der Waals surface area contributed by atoms with Crippen LogP contribution >= 0.6 is 0 Å². The number of carboxylic acid groups (broad SMARTS) is 1. The fraction of sp³-hybridized carbons (Fsp3) is 0.353. The molecule has 0 bridgehead atoms. The molecule has 7 nitrogen and oxygen atoms in total. The Labute approximate surface area is 138 Å². The van der Waals surface area contributed by atoms with E-state index < -0.39 is 24.0 Å². The van der Waals surface area contributed by atoms with Gasteiger partial charge < -0.3 is 19.8 Å². The maximum absolute atomic E-state index is 13.0. The van der Waals surface area contributed by atoms with Crippen LogP contribution in [0.1, 0.15) is 23.2 Å². The molecule has 2 aromatic rings. The fourth-order valence-corrected chi connectivity index (χ4v) is 3.01. The van der Waals surface area contributed by atoms with Gasteiger partial charge in [0.1, 0.15) is 6.04 Å². The average Bonchev–Trinajstić information content (AvgIpc) is 2.60. The van der Waals surface area contributed by atoms with Gasteiger partial charge in [0.05, 0.1) is 24.3 Å². The number of fused-ring (bicyclic) bond motifs is 1. The van der Waals surface area contributed by atoms with Gasteiger partial charge in [-0.15, -0.1) is 0 Å². The number of aliphatic hydroxyl groups excluding tert-OH is 1. The number of hydrogen-bond donors (Lipinski definition) is 2. The number of methoxy groups -OCH3 is 1. The van der Waals surface area contributed by atoms with Crippen LogP contribution in [0.5, 0.6) is 5.88 Å². The predicted octanol–water partition coefficient (Wildman–Crippen LogP) is 1.29. The summed E-state index contributed by atoms with van der Waals surface area (Å²) in [5.41, 5.74) is 0.948. The number of para-hydroxylation sites is 1. The monoisotopic (exact) mass is 330 g/mol. The van der Waals surface area contributed by atoms with Crippen molar-refractivity contribution in [2.24, 2.45) is 0 Å². The molecule has 24 heavy (non-hydrogen) atoms. The van der Waals surface area contributed by atoms with Crippen LogP contribution in [0.15, 0.2) is 30.3 Å². The molecule has 0 spiro atoms. The van der Waals surface area contributed by atoms with Crippen LogP contribution in [-0.2, 0) is 4.79 Å². The third kappa shape index (κ3) is 2.90. The van der Waals surface area contributed by atoms with Crippen molar-refractivity contribution in [3.63, 3.8) is 0 Å². The summed E-state index contributed by atoms with van der Waals surface area (Å²) >= 11 is 0. The molecule has 1 aliphatic rings. The molecule has 1 aromatic carbocycles. The van der Waals surface area contributed by atoms with Crippen LogP contribution in [0.25, 0.3) is 10.9 Å². The molecule has 1 aromatic heterocycles. The highest BCUT2D eigenvalue weighted by Gasteiger charge is 2.36. The molecule has 0 saturated carbocycles. The summed E-state index contributed by atoms with van der Waals surface area (Å²) in [5.74, 6) is -1.22. The molecule has 2 atom stereocenters. The van der Waals surface area contributed by atoms with Crippen LogP contribution in [0, 0.1) is 0 Å².